The Morgan fingerprint density at radius 1 is 1.37 bits per heavy atom. The molecule has 2 N–H and O–H groups in total. The molecule has 1 aliphatic heterocycles. The number of hydrogen-bond donors (Lipinski definition) is 2. The Bertz CT molecular complexity index is 434. The van der Waals surface area contributed by atoms with E-state index in [-0.39, 0.29) is 21.9 Å². The first-order chi connectivity index (χ1) is 9.16. The van der Waals surface area contributed by atoms with E-state index in [9.17, 15) is 4.79 Å². The molecular weight excluding hydrogens is 307 g/mol. The van der Waals surface area contributed by atoms with Gasteiger partial charge >= 0.3 is 0 Å². The van der Waals surface area contributed by atoms with Crippen LogP contribution in [0.15, 0.2) is 6.33 Å². The Kier molecular flexibility index (Phi) is 5.69. The van der Waals surface area contributed by atoms with Crippen molar-refractivity contribution in [2.24, 2.45) is 0 Å². The fraction of sp³-hybridized carbons (Fsp3) is 0.545. The molecule has 0 spiro atoms. The van der Waals surface area contributed by atoms with E-state index in [2.05, 4.69) is 20.6 Å². The van der Waals surface area contributed by atoms with E-state index in [1.807, 2.05) is 0 Å². The van der Waals surface area contributed by atoms with Crippen LogP contribution in [-0.4, -0.2) is 40.0 Å². The summed E-state index contributed by atoms with van der Waals surface area (Å²) in [5.74, 6) is 0.244. The van der Waals surface area contributed by atoms with Gasteiger partial charge in [-0.15, -0.1) is 11.8 Å². The molecule has 19 heavy (non-hydrogen) atoms. The number of aromatic nitrogens is 2. The molecule has 2 heterocycles. The first-order valence-corrected chi connectivity index (χ1v) is 7.75. The highest BCUT2D eigenvalue weighted by Gasteiger charge is 2.16. The maximum atomic E-state index is 11.8. The predicted octanol–water partition coefficient (Wildman–Crippen LogP) is 2.21. The monoisotopic (exact) mass is 320 g/mol. The summed E-state index contributed by atoms with van der Waals surface area (Å²) in [5.41, 5.74) is 0.279. The van der Waals surface area contributed by atoms with E-state index in [0.29, 0.717) is 11.0 Å². The molecule has 0 saturated carbocycles. The lowest BCUT2D eigenvalue weighted by Gasteiger charge is -2.21. The Hall–Kier alpha value is -0.560. The standard InChI is InChI=1S/C11H14Cl2N4OS/c12-10-9(11(13)16-6-15-10)17-8(18)5-19-7-1-3-14-4-2-7/h6-7,14H,1-5H2,(H,17,18). The molecular formula is C11H14Cl2N4OS. The Morgan fingerprint density at radius 3 is 2.63 bits per heavy atom. The number of halogens is 2. The van der Waals surface area contributed by atoms with Crippen LogP contribution in [-0.2, 0) is 4.79 Å². The second-order valence-corrected chi connectivity index (χ2v) is 6.14. The summed E-state index contributed by atoms with van der Waals surface area (Å²) in [6, 6.07) is 0. The van der Waals surface area contributed by atoms with E-state index < -0.39 is 0 Å². The van der Waals surface area contributed by atoms with Crippen LogP contribution in [0.2, 0.25) is 10.3 Å². The predicted molar refractivity (Wildman–Crippen MR) is 79.0 cm³/mol. The molecule has 0 unspecified atom stereocenters. The summed E-state index contributed by atoms with van der Waals surface area (Å²) < 4.78 is 0. The third-order valence-electron chi connectivity index (χ3n) is 2.76. The molecule has 1 aromatic heterocycles. The zero-order valence-corrected chi connectivity index (χ0v) is 12.5. The van der Waals surface area contributed by atoms with Crippen molar-refractivity contribution >= 4 is 46.6 Å². The minimum atomic E-state index is -0.137. The molecule has 0 bridgehead atoms. The molecule has 0 aromatic carbocycles. The van der Waals surface area contributed by atoms with Crippen LogP contribution in [0.25, 0.3) is 0 Å². The highest BCUT2D eigenvalue weighted by atomic mass is 35.5. The van der Waals surface area contributed by atoms with Crippen molar-refractivity contribution < 1.29 is 4.79 Å². The molecule has 1 aromatic rings. The van der Waals surface area contributed by atoms with Gasteiger partial charge in [-0.05, 0) is 25.9 Å². The maximum Gasteiger partial charge on any atom is 0.234 e. The third kappa shape index (κ3) is 4.49. The summed E-state index contributed by atoms with van der Waals surface area (Å²) in [6.45, 7) is 2.03. The second-order valence-electron chi connectivity index (χ2n) is 4.14. The average molecular weight is 321 g/mol. The number of amides is 1. The van der Waals surface area contributed by atoms with Crippen molar-refractivity contribution in [3.05, 3.63) is 16.6 Å². The Morgan fingerprint density at radius 2 is 2.00 bits per heavy atom. The maximum absolute atomic E-state index is 11.8. The normalized spacial score (nSPS) is 16.3. The van der Waals surface area contributed by atoms with Crippen molar-refractivity contribution in [1.82, 2.24) is 15.3 Å². The average Bonchev–Trinajstić information content (AvgIpc) is 2.42. The highest BCUT2D eigenvalue weighted by molar-refractivity contribution is 8.00. The number of nitrogens with zero attached hydrogens (tertiary/aromatic N) is 2. The van der Waals surface area contributed by atoms with Gasteiger partial charge in [-0.2, -0.15) is 0 Å². The molecule has 0 radical (unpaired) electrons. The minimum Gasteiger partial charge on any atom is -0.320 e. The van der Waals surface area contributed by atoms with Crippen molar-refractivity contribution in [2.45, 2.75) is 18.1 Å². The lowest BCUT2D eigenvalue weighted by molar-refractivity contribution is -0.113. The van der Waals surface area contributed by atoms with Crippen molar-refractivity contribution in [3.8, 4) is 0 Å². The zero-order chi connectivity index (χ0) is 13.7. The summed E-state index contributed by atoms with van der Waals surface area (Å²) in [7, 11) is 0. The van der Waals surface area contributed by atoms with Crippen molar-refractivity contribution in [2.75, 3.05) is 24.2 Å². The molecule has 0 atom stereocenters. The van der Waals surface area contributed by atoms with Crippen LogP contribution >= 0.6 is 35.0 Å². The molecule has 1 fully saturated rings. The van der Waals surface area contributed by atoms with Gasteiger partial charge in [0.15, 0.2) is 10.3 Å². The fourth-order valence-corrected chi connectivity index (χ4v) is 3.22. The highest BCUT2D eigenvalue weighted by Crippen LogP contribution is 2.26. The largest absolute Gasteiger partial charge is 0.320 e. The fourth-order valence-electron chi connectivity index (χ4n) is 1.78. The number of rotatable bonds is 4. The number of carbonyl (C=O) groups excluding carboxylic acids is 1. The first kappa shape index (κ1) is 14.8. The molecule has 1 amide bonds. The van der Waals surface area contributed by atoms with Gasteiger partial charge in [0.25, 0.3) is 0 Å². The van der Waals surface area contributed by atoms with Gasteiger partial charge < -0.3 is 10.6 Å². The molecule has 1 saturated heterocycles. The van der Waals surface area contributed by atoms with E-state index in [4.69, 9.17) is 23.2 Å². The molecule has 8 heteroatoms. The van der Waals surface area contributed by atoms with E-state index in [0.717, 1.165) is 25.9 Å². The zero-order valence-electron chi connectivity index (χ0n) is 10.2. The van der Waals surface area contributed by atoms with Crippen LogP contribution < -0.4 is 10.6 Å². The Balaban J connectivity index is 1.83. The van der Waals surface area contributed by atoms with Gasteiger partial charge in [-0.25, -0.2) is 9.97 Å². The second kappa shape index (κ2) is 7.28. The molecule has 2 rings (SSSR count). The van der Waals surface area contributed by atoms with Gasteiger partial charge in [0.1, 0.15) is 12.0 Å². The summed E-state index contributed by atoms with van der Waals surface area (Å²) in [4.78, 5) is 19.4. The van der Waals surface area contributed by atoms with Gasteiger partial charge in [0, 0.05) is 5.25 Å². The van der Waals surface area contributed by atoms with Crippen LogP contribution in [0.4, 0.5) is 5.69 Å². The van der Waals surface area contributed by atoms with Crippen molar-refractivity contribution in [1.29, 1.82) is 0 Å². The number of nitrogens with one attached hydrogen (secondary N) is 2. The molecule has 1 aliphatic rings. The van der Waals surface area contributed by atoms with Crippen LogP contribution in [0.5, 0.6) is 0 Å². The molecule has 5 nitrogen and oxygen atoms in total. The number of thioether (sulfide) groups is 1. The topological polar surface area (TPSA) is 66.9 Å². The van der Waals surface area contributed by atoms with Gasteiger partial charge in [0.05, 0.1) is 5.75 Å². The van der Waals surface area contributed by atoms with Crippen molar-refractivity contribution in [3.63, 3.8) is 0 Å². The lowest BCUT2D eigenvalue weighted by Crippen LogP contribution is -2.30. The van der Waals surface area contributed by atoms with Gasteiger partial charge in [0.2, 0.25) is 5.91 Å². The van der Waals surface area contributed by atoms with Crippen LogP contribution in [0.3, 0.4) is 0 Å². The Labute approximate surface area is 125 Å². The van der Waals surface area contributed by atoms with E-state index in [1.54, 1.807) is 11.8 Å². The van der Waals surface area contributed by atoms with E-state index >= 15 is 0 Å². The van der Waals surface area contributed by atoms with E-state index in [1.165, 1.54) is 6.33 Å². The number of anilines is 1. The summed E-state index contributed by atoms with van der Waals surface area (Å²) >= 11 is 13.4. The summed E-state index contributed by atoms with van der Waals surface area (Å²) in [5, 5.41) is 6.78. The first-order valence-electron chi connectivity index (χ1n) is 5.95. The molecule has 0 aliphatic carbocycles. The molecule has 104 valence electrons. The van der Waals surface area contributed by atoms with Gasteiger partial charge in [-0.1, -0.05) is 23.2 Å². The number of carbonyl (C=O) groups is 1. The quantitative estimate of drug-likeness (QED) is 0.832. The van der Waals surface area contributed by atoms with Gasteiger partial charge in [-0.3, -0.25) is 4.79 Å². The SMILES string of the molecule is O=C(CSC1CCNCC1)Nc1c(Cl)ncnc1Cl. The minimum absolute atomic E-state index is 0.137. The van der Waals surface area contributed by atoms with Crippen LogP contribution in [0.1, 0.15) is 12.8 Å². The third-order valence-corrected chi connectivity index (χ3v) is 4.70. The summed E-state index contributed by atoms with van der Waals surface area (Å²) in [6.07, 6.45) is 3.44. The smallest absolute Gasteiger partial charge is 0.234 e. The number of hydrogen-bond acceptors (Lipinski definition) is 5. The number of piperidine rings is 1. The van der Waals surface area contributed by atoms with Crippen LogP contribution in [0, 0.1) is 0 Å². The lowest BCUT2D eigenvalue weighted by atomic mass is 10.2.